The molecular weight excluding hydrogens is 484 g/mol. The number of alkyl halides is 3. The Balaban J connectivity index is 0.00000108. The van der Waals surface area contributed by atoms with Crippen molar-refractivity contribution in [2.24, 2.45) is 12.8 Å². The fraction of sp³-hybridized carbons (Fsp3) is 0.458. The normalized spacial score (nSPS) is 20.1. The summed E-state index contributed by atoms with van der Waals surface area (Å²) in [6.45, 7) is 2.65. The van der Waals surface area contributed by atoms with Crippen LogP contribution in [0.5, 0.6) is 0 Å². The molecular formula is C24H28F4N4O2S. The lowest BCUT2D eigenvalue weighted by Gasteiger charge is -2.29. The minimum atomic E-state index is -2.92. The Hall–Kier alpha value is -2.66. The number of pyridine rings is 1. The van der Waals surface area contributed by atoms with Crippen molar-refractivity contribution in [2.75, 3.05) is 18.1 Å². The molecule has 0 atom stereocenters. The van der Waals surface area contributed by atoms with Crippen LogP contribution in [0, 0.1) is 5.82 Å². The highest BCUT2D eigenvalue weighted by Crippen LogP contribution is 2.36. The molecule has 1 aliphatic heterocycles. The van der Waals surface area contributed by atoms with Crippen molar-refractivity contribution in [3.8, 4) is 0 Å². The van der Waals surface area contributed by atoms with E-state index < -0.39 is 39.8 Å². The molecule has 0 bridgehead atoms. The molecule has 0 radical (unpaired) electrons. The summed E-state index contributed by atoms with van der Waals surface area (Å²) in [6.07, 6.45) is -1.42. The van der Waals surface area contributed by atoms with Gasteiger partial charge in [0, 0.05) is 34.7 Å². The van der Waals surface area contributed by atoms with E-state index in [1.165, 1.54) is 36.1 Å². The Labute approximate surface area is 203 Å². The lowest BCUT2D eigenvalue weighted by atomic mass is 9.90. The van der Waals surface area contributed by atoms with Crippen LogP contribution in [0.4, 0.5) is 17.6 Å². The van der Waals surface area contributed by atoms with Gasteiger partial charge in [-0.25, -0.2) is 27.5 Å². The monoisotopic (exact) mass is 512 g/mol. The Morgan fingerprint density at radius 3 is 2.49 bits per heavy atom. The molecule has 0 spiro atoms. The minimum absolute atomic E-state index is 0.0188. The molecule has 190 valence electrons. The maximum atomic E-state index is 15.7. The Kier molecular flexibility index (Phi) is 8.76. The molecule has 0 amide bonds. The van der Waals surface area contributed by atoms with Crippen LogP contribution in [0.2, 0.25) is 0 Å². The van der Waals surface area contributed by atoms with Gasteiger partial charge < -0.3 is 5.73 Å². The van der Waals surface area contributed by atoms with E-state index in [4.69, 9.17) is 5.73 Å². The van der Waals surface area contributed by atoms with Gasteiger partial charge in [0.2, 0.25) is 0 Å². The third-order valence-corrected chi connectivity index (χ3v) is 7.32. The number of hydrogen-bond donors (Lipinski definition) is 1. The quantitative estimate of drug-likeness (QED) is 0.525. The summed E-state index contributed by atoms with van der Waals surface area (Å²) in [7, 11) is 0.389. The first-order valence-electron chi connectivity index (χ1n) is 11.3. The highest BCUT2D eigenvalue weighted by Gasteiger charge is 2.39. The molecule has 35 heavy (non-hydrogen) atoms. The number of halogens is 4. The third-order valence-electron chi connectivity index (χ3n) is 6.00. The smallest absolute Gasteiger partial charge is 0.266 e. The van der Waals surface area contributed by atoms with E-state index in [9.17, 15) is 22.2 Å². The second kappa shape index (κ2) is 11.4. The first-order valence-corrected chi connectivity index (χ1v) is 12.7. The fourth-order valence-electron chi connectivity index (χ4n) is 4.10. The molecule has 3 aromatic rings. The van der Waals surface area contributed by atoms with E-state index in [0.717, 1.165) is 12.6 Å². The van der Waals surface area contributed by atoms with Crippen molar-refractivity contribution in [3.05, 3.63) is 69.1 Å². The number of fused-ring (bicyclic) bond motifs is 1. The van der Waals surface area contributed by atoms with Crippen LogP contribution in [0.25, 0.3) is 11.0 Å². The zero-order valence-electron chi connectivity index (χ0n) is 19.6. The second-order valence-electron chi connectivity index (χ2n) is 8.32. The predicted octanol–water partition coefficient (Wildman–Crippen LogP) is 3.86. The Bertz CT molecular complexity index is 1270. The summed E-state index contributed by atoms with van der Waals surface area (Å²) >= 11 is 0. The summed E-state index contributed by atoms with van der Waals surface area (Å²) in [5, 5.41) is 0.443. The molecule has 2 N–H and O–H groups in total. The van der Waals surface area contributed by atoms with Crippen molar-refractivity contribution in [1.82, 2.24) is 14.5 Å². The lowest BCUT2D eigenvalue weighted by Crippen LogP contribution is -2.37. The zero-order chi connectivity index (χ0) is 25.8. The van der Waals surface area contributed by atoms with Crippen LogP contribution in [0.15, 0.2) is 35.4 Å². The molecule has 0 unspecified atom stereocenters. The van der Waals surface area contributed by atoms with Gasteiger partial charge in [-0.05, 0) is 43.9 Å². The lowest BCUT2D eigenvalue weighted by molar-refractivity contribution is 0.146. The number of benzene rings is 1. The SMILES string of the molecule is CCN.Cn1c(=O)c(C2(F)CCS(=O)CC2)cc2c(CCc3cccc(C(F)F)c3F)ncnc21. The summed E-state index contributed by atoms with van der Waals surface area (Å²) in [5.41, 5.74) is 2.61. The van der Waals surface area contributed by atoms with Gasteiger partial charge >= 0.3 is 0 Å². The van der Waals surface area contributed by atoms with E-state index >= 15 is 4.39 Å². The highest BCUT2D eigenvalue weighted by molar-refractivity contribution is 7.85. The molecule has 1 aromatic carbocycles. The fourth-order valence-corrected chi connectivity index (χ4v) is 5.41. The number of rotatable bonds is 5. The van der Waals surface area contributed by atoms with E-state index in [1.807, 2.05) is 6.92 Å². The minimum Gasteiger partial charge on any atom is -0.331 e. The van der Waals surface area contributed by atoms with Crippen LogP contribution in [-0.4, -0.2) is 36.8 Å². The molecule has 1 aliphatic rings. The molecule has 0 saturated carbocycles. The predicted molar refractivity (Wildman–Crippen MR) is 128 cm³/mol. The topological polar surface area (TPSA) is 90.9 Å². The number of hydrogen-bond acceptors (Lipinski definition) is 5. The first kappa shape index (κ1) is 26.9. The molecule has 11 heteroatoms. The molecule has 0 aliphatic carbocycles. The van der Waals surface area contributed by atoms with Gasteiger partial charge in [-0.1, -0.05) is 25.1 Å². The molecule has 4 rings (SSSR count). The number of aromatic nitrogens is 3. The van der Waals surface area contributed by atoms with Gasteiger partial charge in [0.15, 0.2) is 0 Å². The first-order chi connectivity index (χ1) is 16.6. The van der Waals surface area contributed by atoms with Gasteiger partial charge in [0.05, 0.1) is 16.8 Å². The van der Waals surface area contributed by atoms with Crippen LogP contribution in [0.1, 0.15) is 48.6 Å². The zero-order valence-corrected chi connectivity index (χ0v) is 20.4. The summed E-state index contributed by atoms with van der Waals surface area (Å²) < 4.78 is 69.0. The standard InChI is InChI=1S/C22H21F4N3O2S.C2H7N/c1-29-20-15(11-16(21(29)30)22(26)7-9-32(31)10-8-22)17(27-12-28-20)6-5-13-3-2-4-14(18(13)23)19(24)25;1-2-3/h2-4,11-12,19H,5-10H2,1H3;2-3H2,1H3. The van der Waals surface area contributed by atoms with Crippen molar-refractivity contribution in [1.29, 1.82) is 0 Å². The van der Waals surface area contributed by atoms with Gasteiger partial charge in [-0.15, -0.1) is 0 Å². The van der Waals surface area contributed by atoms with Crippen LogP contribution >= 0.6 is 0 Å². The van der Waals surface area contributed by atoms with E-state index in [-0.39, 0.29) is 48.3 Å². The summed E-state index contributed by atoms with van der Waals surface area (Å²) in [5.74, 6) is -0.600. The number of aryl methyl sites for hydroxylation is 3. The van der Waals surface area contributed by atoms with Crippen LogP contribution in [-0.2, 0) is 36.4 Å². The van der Waals surface area contributed by atoms with Gasteiger partial charge in [0.1, 0.15) is 23.5 Å². The second-order valence-corrected chi connectivity index (χ2v) is 10.0. The summed E-state index contributed by atoms with van der Waals surface area (Å²) in [6, 6.07) is 5.29. The van der Waals surface area contributed by atoms with Crippen molar-refractivity contribution in [2.45, 2.75) is 44.7 Å². The largest absolute Gasteiger partial charge is 0.331 e. The molecule has 1 saturated heterocycles. The number of nitrogens with two attached hydrogens (primary N) is 1. The van der Waals surface area contributed by atoms with Crippen molar-refractivity contribution >= 4 is 21.8 Å². The van der Waals surface area contributed by atoms with Gasteiger partial charge in [0.25, 0.3) is 12.0 Å². The number of nitrogens with zero attached hydrogens (tertiary/aromatic N) is 3. The van der Waals surface area contributed by atoms with E-state index in [1.54, 1.807) is 0 Å². The molecule has 2 aromatic heterocycles. The highest BCUT2D eigenvalue weighted by atomic mass is 32.2. The third kappa shape index (κ3) is 5.78. The molecule has 6 nitrogen and oxygen atoms in total. The van der Waals surface area contributed by atoms with E-state index in [2.05, 4.69) is 9.97 Å². The van der Waals surface area contributed by atoms with Gasteiger partial charge in [-0.2, -0.15) is 0 Å². The average molecular weight is 513 g/mol. The molecule has 3 heterocycles. The maximum Gasteiger partial charge on any atom is 0.266 e. The summed E-state index contributed by atoms with van der Waals surface area (Å²) in [4.78, 5) is 21.2. The average Bonchev–Trinajstić information content (AvgIpc) is 2.83. The Morgan fingerprint density at radius 2 is 1.86 bits per heavy atom. The van der Waals surface area contributed by atoms with Crippen LogP contribution in [0.3, 0.4) is 0 Å². The van der Waals surface area contributed by atoms with Crippen molar-refractivity contribution in [3.63, 3.8) is 0 Å². The van der Waals surface area contributed by atoms with Crippen molar-refractivity contribution < 1.29 is 21.8 Å². The Morgan fingerprint density at radius 1 is 1.20 bits per heavy atom. The molecule has 1 fully saturated rings. The van der Waals surface area contributed by atoms with Crippen LogP contribution < -0.4 is 11.3 Å². The van der Waals surface area contributed by atoms with E-state index in [0.29, 0.717) is 16.7 Å². The maximum absolute atomic E-state index is 15.7. The van der Waals surface area contributed by atoms with Gasteiger partial charge in [-0.3, -0.25) is 13.6 Å².